The van der Waals surface area contributed by atoms with Crippen LogP contribution in [0.5, 0.6) is 0 Å². The van der Waals surface area contributed by atoms with E-state index >= 15 is 0 Å². The summed E-state index contributed by atoms with van der Waals surface area (Å²) < 4.78 is 16.1. The predicted octanol–water partition coefficient (Wildman–Crippen LogP) is 1.95. The molecule has 6 nitrogen and oxygen atoms in total. The Labute approximate surface area is 167 Å². The van der Waals surface area contributed by atoms with Gasteiger partial charge < -0.3 is 19.4 Å². The molecule has 0 aliphatic carbocycles. The number of nitrogens with one attached hydrogen (secondary N) is 1. The zero-order valence-electron chi connectivity index (χ0n) is 15.4. The van der Waals surface area contributed by atoms with Gasteiger partial charge in [-0.25, -0.2) is 4.79 Å². The molecule has 0 aliphatic heterocycles. The summed E-state index contributed by atoms with van der Waals surface area (Å²) in [6.07, 6.45) is 0.303. The molecule has 0 bridgehead atoms. The number of ether oxygens (including phenoxy) is 1. The van der Waals surface area contributed by atoms with Crippen molar-refractivity contribution in [3.8, 4) is 0 Å². The van der Waals surface area contributed by atoms with Crippen molar-refractivity contribution in [3.63, 3.8) is 0 Å². The van der Waals surface area contributed by atoms with Gasteiger partial charge >= 0.3 is 13.1 Å². The second-order valence-corrected chi connectivity index (χ2v) is 6.72. The van der Waals surface area contributed by atoms with Crippen molar-refractivity contribution in [1.82, 2.24) is 5.32 Å². The Hall–Kier alpha value is -2.16. The van der Waals surface area contributed by atoms with Gasteiger partial charge in [0.05, 0.1) is 7.11 Å². The summed E-state index contributed by atoms with van der Waals surface area (Å²) in [4.78, 5) is 24.6. The summed E-state index contributed by atoms with van der Waals surface area (Å²) in [6.45, 7) is 0. The summed E-state index contributed by atoms with van der Waals surface area (Å²) in [5.74, 6) is -0.851. The lowest BCUT2D eigenvalue weighted by molar-refractivity contribution is -0.142. The van der Waals surface area contributed by atoms with Crippen LogP contribution in [0.25, 0.3) is 0 Å². The highest BCUT2D eigenvalue weighted by atomic mass is 79.9. The zero-order valence-corrected chi connectivity index (χ0v) is 17.0. The maximum absolute atomic E-state index is 12.5. The Morgan fingerprint density at radius 3 is 2.30 bits per heavy atom. The second-order valence-electron chi connectivity index (χ2n) is 5.81. The summed E-state index contributed by atoms with van der Waals surface area (Å²) in [7, 11) is 3.97. The number of amides is 1. The van der Waals surface area contributed by atoms with E-state index in [9.17, 15) is 9.59 Å². The molecule has 0 saturated heterocycles. The molecule has 8 heteroatoms. The van der Waals surface area contributed by atoms with Crippen LogP contribution in [0.1, 0.15) is 15.9 Å². The van der Waals surface area contributed by atoms with Crippen molar-refractivity contribution in [2.24, 2.45) is 0 Å². The summed E-state index contributed by atoms with van der Waals surface area (Å²) in [6, 6.07) is 13.6. The van der Waals surface area contributed by atoms with Crippen LogP contribution >= 0.6 is 15.9 Å². The number of benzene rings is 2. The lowest BCUT2D eigenvalue weighted by Crippen LogP contribution is -2.43. The number of carbonyl (C=O) groups excluding carboxylic acids is 2. The average molecular weight is 434 g/mol. The van der Waals surface area contributed by atoms with Gasteiger partial charge in [0.1, 0.15) is 6.04 Å². The van der Waals surface area contributed by atoms with Gasteiger partial charge in [0.25, 0.3) is 5.91 Å². The number of hydrogen-bond acceptors (Lipinski definition) is 5. The summed E-state index contributed by atoms with van der Waals surface area (Å²) in [5, 5.41) is 2.74. The van der Waals surface area contributed by atoms with E-state index in [0.29, 0.717) is 12.0 Å². The maximum Gasteiger partial charge on any atom is 0.493 e. The molecule has 2 rings (SSSR count). The third-order valence-corrected chi connectivity index (χ3v) is 4.49. The van der Waals surface area contributed by atoms with Crippen LogP contribution < -0.4 is 10.8 Å². The molecule has 0 spiro atoms. The van der Waals surface area contributed by atoms with Gasteiger partial charge in [0.15, 0.2) is 0 Å². The van der Waals surface area contributed by atoms with E-state index in [-0.39, 0.29) is 5.91 Å². The highest BCUT2D eigenvalue weighted by molar-refractivity contribution is 9.10. The molecule has 27 heavy (non-hydrogen) atoms. The fourth-order valence-electron chi connectivity index (χ4n) is 2.62. The SMILES string of the molecule is COB(OC)c1ccc(C[C@@H](NC(=O)c2cccc(Br)c2)C(=O)OC)cc1. The minimum Gasteiger partial charge on any atom is -0.467 e. The fourth-order valence-corrected chi connectivity index (χ4v) is 3.02. The van der Waals surface area contributed by atoms with Crippen LogP contribution in [-0.4, -0.2) is 46.4 Å². The van der Waals surface area contributed by atoms with Gasteiger partial charge in [-0.05, 0) is 29.2 Å². The number of carbonyl (C=O) groups is 2. The minimum atomic E-state index is -0.798. The van der Waals surface area contributed by atoms with Crippen molar-refractivity contribution >= 4 is 40.4 Å². The quantitative estimate of drug-likeness (QED) is 0.508. The van der Waals surface area contributed by atoms with E-state index in [1.54, 1.807) is 32.4 Å². The molecule has 1 amide bonds. The van der Waals surface area contributed by atoms with Gasteiger partial charge in [0.2, 0.25) is 0 Å². The molecular weight excluding hydrogens is 413 g/mol. The molecule has 1 atom stereocenters. The third-order valence-electron chi connectivity index (χ3n) is 4.00. The van der Waals surface area contributed by atoms with Crippen LogP contribution in [0.3, 0.4) is 0 Å². The van der Waals surface area contributed by atoms with E-state index in [1.165, 1.54) is 7.11 Å². The largest absolute Gasteiger partial charge is 0.493 e. The van der Waals surface area contributed by atoms with E-state index < -0.39 is 19.1 Å². The van der Waals surface area contributed by atoms with Crippen LogP contribution in [0.15, 0.2) is 53.0 Å². The van der Waals surface area contributed by atoms with Gasteiger partial charge in [-0.1, -0.05) is 46.3 Å². The Balaban J connectivity index is 2.12. The first-order valence-electron chi connectivity index (χ1n) is 8.27. The first kappa shape index (κ1) is 21.1. The topological polar surface area (TPSA) is 73.9 Å². The molecule has 0 aliphatic rings. The van der Waals surface area contributed by atoms with Gasteiger partial charge in [-0.2, -0.15) is 0 Å². The van der Waals surface area contributed by atoms with E-state index in [0.717, 1.165) is 15.5 Å². The third kappa shape index (κ3) is 5.92. The molecule has 0 radical (unpaired) electrons. The maximum atomic E-state index is 12.5. The van der Waals surface area contributed by atoms with E-state index in [4.69, 9.17) is 14.0 Å². The predicted molar refractivity (Wildman–Crippen MR) is 107 cm³/mol. The second kappa shape index (κ2) is 10.2. The van der Waals surface area contributed by atoms with Gasteiger partial charge in [-0.15, -0.1) is 0 Å². The van der Waals surface area contributed by atoms with Crippen molar-refractivity contribution < 1.29 is 23.6 Å². The van der Waals surface area contributed by atoms with Crippen molar-refractivity contribution in [3.05, 3.63) is 64.1 Å². The lowest BCUT2D eigenvalue weighted by atomic mass is 9.78. The van der Waals surface area contributed by atoms with E-state index in [1.807, 2.05) is 30.3 Å². The monoisotopic (exact) mass is 433 g/mol. The van der Waals surface area contributed by atoms with Crippen LogP contribution in [0, 0.1) is 0 Å². The van der Waals surface area contributed by atoms with Crippen molar-refractivity contribution in [1.29, 1.82) is 0 Å². The lowest BCUT2D eigenvalue weighted by Gasteiger charge is -2.17. The zero-order chi connectivity index (χ0) is 19.8. The smallest absolute Gasteiger partial charge is 0.467 e. The average Bonchev–Trinajstić information content (AvgIpc) is 2.69. The standard InChI is InChI=1S/C19H21BBrNO5/c1-25-19(24)17(22-18(23)14-5-4-6-16(21)12-14)11-13-7-9-15(10-8-13)20(26-2)27-3/h4-10,12,17H,11H2,1-3H3,(H,22,23)/t17-/m1/s1. The van der Waals surface area contributed by atoms with Crippen LogP contribution in [-0.2, 0) is 25.3 Å². The molecule has 0 aromatic heterocycles. The number of hydrogen-bond donors (Lipinski definition) is 1. The first-order valence-corrected chi connectivity index (χ1v) is 9.06. The molecule has 1 N–H and O–H groups in total. The minimum absolute atomic E-state index is 0.303. The van der Waals surface area contributed by atoms with E-state index in [2.05, 4.69) is 21.2 Å². The van der Waals surface area contributed by atoms with Crippen LogP contribution in [0.4, 0.5) is 0 Å². The molecule has 142 valence electrons. The Morgan fingerprint density at radius 2 is 1.74 bits per heavy atom. The Kier molecular flexibility index (Phi) is 8.03. The van der Waals surface area contributed by atoms with Gasteiger partial charge in [0, 0.05) is 30.7 Å². The molecule has 0 saturated carbocycles. The Morgan fingerprint density at radius 1 is 1.07 bits per heavy atom. The molecule has 2 aromatic rings. The number of methoxy groups -OCH3 is 1. The first-order chi connectivity index (χ1) is 13.0. The summed E-state index contributed by atoms with van der Waals surface area (Å²) in [5.41, 5.74) is 2.18. The molecule has 0 unspecified atom stereocenters. The number of esters is 1. The number of rotatable bonds is 8. The highest BCUT2D eigenvalue weighted by Gasteiger charge is 2.23. The number of halogens is 1. The van der Waals surface area contributed by atoms with Crippen LogP contribution in [0.2, 0.25) is 0 Å². The van der Waals surface area contributed by atoms with Crippen molar-refractivity contribution in [2.45, 2.75) is 12.5 Å². The Bertz CT molecular complexity index is 780. The fraction of sp³-hybridized carbons (Fsp3) is 0.263. The molecule has 0 heterocycles. The highest BCUT2D eigenvalue weighted by Crippen LogP contribution is 2.12. The van der Waals surface area contributed by atoms with Crippen molar-refractivity contribution in [2.75, 3.05) is 21.3 Å². The molecule has 0 fully saturated rings. The normalized spacial score (nSPS) is 11.6. The van der Waals surface area contributed by atoms with Gasteiger partial charge in [-0.3, -0.25) is 4.79 Å². The molecular formula is C19H21BBrNO5. The summed E-state index contributed by atoms with van der Waals surface area (Å²) >= 11 is 3.33. The molecule has 2 aromatic carbocycles.